The topological polar surface area (TPSA) is 34.1 Å². The summed E-state index contributed by atoms with van der Waals surface area (Å²) in [6.45, 7) is 0. The Kier molecular flexibility index (Phi) is 3.93. The van der Waals surface area contributed by atoms with Gasteiger partial charge in [-0.05, 0) is 59.4 Å². The van der Waals surface area contributed by atoms with E-state index >= 15 is 0 Å². The Morgan fingerprint density at radius 1 is 0.840 bits per heavy atom. The monoisotopic (exact) mass is 368 g/mol. The lowest BCUT2D eigenvalue weighted by Crippen LogP contribution is -2.22. The summed E-state index contributed by atoms with van der Waals surface area (Å²) in [6.07, 6.45) is 9.64. The Morgan fingerprint density at radius 3 is 1.72 bits per heavy atom. The molecular weight excluding hydrogens is 348 g/mol. The molecule has 2 aliphatic rings. The zero-order valence-electron chi connectivity index (χ0n) is 14.1. The fraction of sp³-hybridized carbons (Fsp3) is 0.238. The van der Waals surface area contributed by atoms with Gasteiger partial charge in [-0.3, -0.25) is 0 Å². The number of benzene rings is 2. The highest BCUT2D eigenvalue weighted by molar-refractivity contribution is 7.90. The molecule has 0 amide bonds. The van der Waals surface area contributed by atoms with Crippen LogP contribution in [0.2, 0.25) is 0 Å². The van der Waals surface area contributed by atoms with Crippen LogP contribution in [0.4, 0.5) is 0 Å². The van der Waals surface area contributed by atoms with E-state index in [-0.39, 0.29) is 5.41 Å². The predicted molar refractivity (Wildman–Crippen MR) is 105 cm³/mol. The second-order valence-electron chi connectivity index (χ2n) is 7.05. The standard InChI is InChI=1S/C21H20O2S2/c1-25(22,23)18-9-5-16(6-10-18)20-14-21(11-2-12-21)13-19(20)15-3-7-17(24)8-4-15/h3-10,13-14,24H,2,11-12H2,1H3. The molecule has 0 saturated heterocycles. The third-order valence-electron chi connectivity index (χ3n) is 5.21. The van der Waals surface area contributed by atoms with Crippen LogP contribution < -0.4 is 0 Å². The third-order valence-corrected chi connectivity index (χ3v) is 6.64. The molecule has 0 unspecified atom stereocenters. The van der Waals surface area contributed by atoms with Gasteiger partial charge in [0.25, 0.3) is 0 Å². The van der Waals surface area contributed by atoms with Crippen LogP contribution in [0.25, 0.3) is 11.1 Å². The van der Waals surface area contributed by atoms with E-state index in [0.29, 0.717) is 4.90 Å². The molecule has 4 heteroatoms. The van der Waals surface area contributed by atoms with E-state index in [1.165, 1.54) is 42.2 Å². The molecule has 2 aromatic carbocycles. The maximum atomic E-state index is 11.7. The summed E-state index contributed by atoms with van der Waals surface area (Å²) in [5.41, 5.74) is 4.86. The zero-order chi connectivity index (χ0) is 17.7. The van der Waals surface area contributed by atoms with Crippen molar-refractivity contribution in [2.75, 3.05) is 6.26 Å². The average Bonchev–Trinajstić information content (AvgIpc) is 2.96. The highest BCUT2D eigenvalue weighted by Crippen LogP contribution is 2.53. The largest absolute Gasteiger partial charge is 0.224 e. The van der Waals surface area contributed by atoms with Crippen molar-refractivity contribution in [3.05, 3.63) is 71.8 Å². The molecule has 128 valence electrons. The molecule has 2 aliphatic carbocycles. The summed E-state index contributed by atoms with van der Waals surface area (Å²) < 4.78 is 23.4. The molecule has 4 rings (SSSR count). The Bertz CT molecular complexity index is 975. The van der Waals surface area contributed by atoms with E-state index < -0.39 is 9.84 Å². The molecule has 0 aromatic heterocycles. The summed E-state index contributed by atoms with van der Waals surface area (Å²) in [4.78, 5) is 1.31. The van der Waals surface area contributed by atoms with E-state index in [9.17, 15) is 8.42 Å². The molecule has 1 spiro atoms. The Labute approximate surface area is 154 Å². The molecule has 2 nitrogen and oxygen atoms in total. The molecule has 1 saturated carbocycles. The van der Waals surface area contributed by atoms with Crippen molar-refractivity contribution in [1.29, 1.82) is 0 Å². The average molecular weight is 369 g/mol. The molecule has 1 fully saturated rings. The number of thiol groups is 1. The van der Waals surface area contributed by atoms with Crippen molar-refractivity contribution in [1.82, 2.24) is 0 Å². The molecule has 0 N–H and O–H groups in total. The first kappa shape index (κ1) is 16.7. The van der Waals surface area contributed by atoms with Crippen LogP contribution in [0.15, 0.2) is 70.5 Å². The predicted octanol–water partition coefficient (Wildman–Crippen LogP) is 5.03. The first-order chi connectivity index (χ1) is 11.9. The van der Waals surface area contributed by atoms with Crippen LogP contribution in [-0.2, 0) is 9.84 Å². The van der Waals surface area contributed by atoms with Gasteiger partial charge in [0.2, 0.25) is 0 Å². The first-order valence-electron chi connectivity index (χ1n) is 8.42. The first-order valence-corrected chi connectivity index (χ1v) is 10.8. The van der Waals surface area contributed by atoms with Crippen LogP contribution in [0.1, 0.15) is 30.4 Å². The summed E-state index contributed by atoms with van der Waals surface area (Å²) in [5, 5.41) is 0. The van der Waals surface area contributed by atoms with Crippen LogP contribution >= 0.6 is 12.6 Å². The maximum Gasteiger partial charge on any atom is 0.175 e. The van der Waals surface area contributed by atoms with E-state index in [2.05, 4.69) is 36.9 Å². The highest BCUT2D eigenvalue weighted by Gasteiger charge is 2.38. The minimum atomic E-state index is -3.17. The van der Waals surface area contributed by atoms with Crippen LogP contribution in [0, 0.1) is 5.41 Å². The van der Waals surface area contributed by atoms with Crippen molar-refractivity contribution >= 4 is 33.6 Å². The van der Waals surface area contributed by atoms with Crippen molar-refractivity contribution in [3.8, 4) is 0 Å². The van der Waals surface area contributed by atoms with Gasteiger partial charge in [0.1, 0.15) is 0 Å². The number of allylic oxidation sites excluding steroid dienone is 4. The maximum absolute atomic E-state index is 11.7. The molecular formula is C21H20O2S2. The quantitative estimate of drug-likeness (QED) is 0.771. The SMILES string of the molecule is CS(=O)(=O)c1ccc(C2=CC3(C=C2c2ccc(S)cc2)CCC3)cc1. The van der Waals surface area contributed by atoms with Gasteiger partial charge in [0, 0.05) is 16.6 Å². The second kappa shape index (κ2) is 5.89. The lowest BCUT2D eigenvalue weighted by molar-refractivity contribution is 0.282. The number of sulfone groups is 1. The van der Waals surface area contributed by atoms with Crippen molar-refractivity contribution < 1.29 is 8.42 Å². The molecule has 0 aliphatic heterocycles. The molecule has 2 aromatic rings. The van der Waals surface area contributed by atoms with Gasteiger partial charge in [0.15, 0.2) is 9.84 Å². The fourth-order valence-corrected chi connectivity index (χ4v) is 4.43. The van der Waals surface area contributed by atoms with Gasteiger partial charge in [-0.25, -0.2) is 8.42 Å². The molecule has 0 atom stereocenters. The van der Waals surface area contributed by atoms with Gasteiger partial charge in [-0.2, -0.15) is 0 Å². The van der Waals surface area contributed by atoms with Crippen LogP contribution in [-0.4, -0.2) is 14.7 Å². The van der Waals surface area contributed by atoms with Crippen molar-refractivity contribution in [2.45, 2.75) is 29.1 Å². The Hall–Kier alpha value is -1.78. The van der Waals surface area contributed by atoms with Crippen LogP contribution in [0.5, 0.6) is 0 Å². The fourth-order valence-electron chi connectivity index (χ4n) is 3.65. The van der Waals surface area contributed by atoms with E-state index in [4.69, 9.17) is 0 Å². The molecule has 0 heterocycles. The van der Waals surface area contributed by atoms with Gasteiger partial charge in [-0.1, -0.05) is 42.8 Å². The Morgan fingerprint density at radius 2 is 1.32 bits per heavy atom. The van der Waals surface area contributed by atoms with Gasteiger partial charge in [-0.15, -0.1) is 12.6 Å². The molecule has 25 heavy (non-hydrogen) atoms. The summed E-state index contributed by atoms with van der Waals surface area (Å²) in [7, 11) is -3.17. The van der Waals surface area contributed by atoms with E-state index in [0.717, 1.165) is 10.5 Å². The smallest absolute Gasteiger partial charge is 0.175 e. The minimum Gasteiger partial charge on any atom is -0.224 e. The lowest BCUT2D eigenvalue weighted by Gasteiger charge is -2.34. The van der Waals surface area contributed by atoms with E-state index in [1.54, 1.807) is 12.1 Å². The lowest BCUT2D eigenvalue weighted by atomic mass is 9.70. The second-order valence-corrected chi connectivity index (χ2v) is 9.58. The van der Waals surface area contributed by atoms with Gasteiger partial charge < -0.3 is 0 Å². The van der Waals surface area contributed by atoms with Crippen molar-refractivity contribution in [2.24, 2.45) is 5.41 Å². The summed E-state index contributed by atoms with van der Waals surface area (Å²) >= 11 is 4.38. The van der Waals surface area contributed by atoms with Gasteiger partial charge >= 0.3 is 0 Å². The number of rotatable bonds is 3. The summed E-state index contributed by atoms with van der Waals surface area (Å²) in [5.74, 6) is 0. The molecule has 0 bridgehead atoms. The highest BCUT2D eigenvalue weighted by atomic mass is 32.2. The van der Waals surface area contributed by atoms with Gasteiger partial charge in [0.05, 0.1) is 4.90 Å². The minimum absolute atomic E-state index is 0.180. The molecule has 0 radical (unpaired) electrons. The normalized spacial score (nSPS) is 18.6. The third kappa shape index (κ3) is 3.09. The van der Waals surface area contributed by atoms with Crippen molar-refractivity contribution in [3.63, 3.8) is 0 Å². The number of hydrogen-bond acceptors (Lipinski definition) is 3. The van der Waals surface area contributed by atoms with E-state index in [1.807, 2.05) is 24.3 Å². The number of hydrogen-bond donors (Lipinski definition) is 1. The Balaban J connectivity index is 1.77. The zero-order valence-corrected chi connectivity index (χ0v) is 15.8. The summed E-state index contributed by atoms with van der Waals surface area (Å²) in [6, 6.07) is 15.5. The van der Waals surface area contributed by atoms with Crippen LogP contribution in [0.3, 0.4) is 0 Å².